The Morgan fingerprint density at radius 2 is 1.90 bits per heavy atom. The first-order chi connectivity index (χ1) is 14.0. The maximum atomic E-state index is 12.5. The van der Waals surface area contributed by atoms with Crippen molar-refractivity contribution in [1.29, 1.82) is 0 Å². The van der Waals surface area contributed by atoms with E-state index in [0.717, 1.165) is 24.2 Å². The van der Waals surface area contributed by atoms with Crippen molar-refractivity contribution in [2.24, 2.45) is 0 Å². The fraction of sp³-hybridized carbons (Fsp3) is 0.571. The number of hydrogen-bond acceptors (Lipinski definition) is 5. The van der Waals surface area contributed by atoms with Gasteiger partial charge in [-0.2, -0.15) is 5.10 Å². The van der Waals surface area contributed by atoms with Gasteiger partial charge in [0, 0.05) is 32.7 Å². The Labute approximate surface area is 171 Å². The Balaban J connectivity index is 1.56. The van der Waals surface area contributed by atoms with Gasteiger partial charge in [0.15, 0.2) is 6.61 Å². The number of rotatable bonds is 8. The highest BCUT2D eigenvalue weighted by molar-refractivity contribution is 5.77. The molecule has 158 valence electrons. The second kappa shape index (κ2) is 9.73. The highest BCUT2D eigenvalue weighted by Gasteiger charge is 2.28. The van der Waals surface area contributed by atoms with Crippen molar-refractivity contribution < 1.29 is 14.3 Å². The molecule has 1 aromatic heterocycles. The van der Waals surface area contributed by atoms with E-state index >= 15 is 0 Å². The molecule has 0 unspecified atom stereocenters. The third-order valence-electron chi connectivity index (χ3n) is 5.37. The molecule has 0 N–H and O–H groups in total. The SMILES string of the molecule is CCn1c(C2CCN(C(=O)COc3ccc(C)cc3)CC2)nn(CCOC)c1=O. The summed E-state index contributed by atoms with van der Waals surface area (Å²) in [6.45, 7) is 6.78. The molecule has 2 aromatic rings. The number of benzene rings is 1. The van der Waals surface area contributed by atoms with E-state index in [1.807, 2.05) is 43.0 Å². The van der Waals surface area contributed by atoms with E-state index in [9.17, 15) is 9.59 Å². The highest BCUT2D eigenvalue weighted by atomic mass is 16.5. The van der Waals surface area contributed by atoms with Crippen molar-refractivity contribution in [2.75, 3.05) is 33.4 Å². The number of amides is 1. The molecule has 1 saturated heterocycles. The number of carbonyl (C=O) groups is 1. The lowest BCUT2D eigenvalue weighted by molar-refractivity contribution is -0.134. The standard InChI is InChI=1S/C21H30N4O4/c1-4-24-20(22-25(21(24)27)13-14-28-3)17-9-11-23(12-10-17)19(26)15-29-18-7-5-16(2)6-8-18/h5-8,17H,4,9-15H2,1-3H3. The van der Waals surface area contributed by atoms with E-state index < -0.39 is 0 Å². The zero-order valence-corrected chi connectivity index (χ0v) is 17.5. The quantitative estimate of drug-likeness (QED) is 0.673. The summed E-state index contributed by atoms with van der Waals surface area (Å²) < 4.78 is 13.9. The first kappa shape index (κ1) is 21.1. The molecular formula is C21H30N4O4. The van der Waals surface area contributed by atoms with Gasteiger partial charge in [-0.3, -0.25) is 9.36 Å². The van der Waals surface area contributed by atoms with Crippen LogP contribution in [0, 0.1) is 6.92 Å². The molecule has 0 bridgehead atoms. The fourth-order valence-electron chi connectivity index (χ4n) is 3.64. The average molecular weight is 402 g/mol. The number of hydrogen-bond donors (Lipinski definition) is 0. The molecule has 0 radical (unpaired) electrons. The summed E-state index contributed by atoms with van der Waals surface area (Å²) in [6.07, 6.45) is 1.58. The molecule has 2 heterocycles. The summed E-state index contributed by atoms with van der Waals surface area (Å²) in [5, 5.41) is 4.55. The lowest BCUT2D eigenvalue weighted by Crippen LogP contribution is -2.41. The van der Waals surface area contributed by atoms with Crippen LogP contribution in [0.15, 0.2) is 29.1 Å². The van der Waals surface area contributed by atoms with Crippen molar-refractivity contribution >= 4 is 5.91 Å². The molecule has 1 aromatic carbocycles. The monoisotopic (exact) mass is 402 g/mol. The van der Waals surface area contributed by atoms with Crippen LogP contribution in [0.4, 0.5) is 0 Å². The normalized spacial score (nSPS) is 14.9. The zero-order valence-electron chi connectivity index (χ0n) is 17.5. The fourth-order valence-corrected chi connectivity index (χ4v) is 3.64. The molecular weight excluding hydrogens is 372 g/mol. The molecule has 0 saturated carbocycles. The van der Waals surface area contributed by atoms with Crippen molar-refractivity contribution in [3.05, 3.63) is 46.1 Å². The van der Waals surface area contributed by atoms with Gasteiger partial charge in [0.05, 0.1) is 13.2 Å². The van der Waals surface area contributed by atoms with Crippen LogP contribution in [0.2, 0.25) is 0 Å². The minimum Gasteiger partial charge on any atom is -0.484 e. The molecule has 1 aliphatic rings. The first-order valence-electron chi connectivity index (χ1n) is 10.2. The number of piperidine rings is 1. The predicted molar refractivity (Wildman–Crippen MR) is 109 cm³/mol. The van der Waals surface area contributed by atoms with Crippen LogP contribution in [0.3, 0.4) is 0 Å². The van der Waals surface area contributed by atoms with Gasteiger partial charge >= 0.3 is 5.69 Å². The summed E-state index contributed by atoms with van der Waals surface area (Å²) in [5.74, 6) is 1.68. The number of methoxy groups -OCH3 is 1. The number of likely N-dealkylation sites (tertiary alicyclic amines) is 1. The van der Waals surface area contributed by atoms with E-state index in [1.165, 1.54) is 4.68 Å². The zero-order chi connectivity index (χ0) is 20.8. The van der Waals surface area contributed by atoms with Gasteiger partial charge in [0.25, 0.3) is 5.91 Å². The van der Waals surface area contributed by atoms with Crippen LogP contribution in [-0.2, 0) is 22.6 Å². The second-order valence-corrected chi connectivity index (χ2v) is 7.36. The minimum absolute atomic E-state index is 0.0115. The van der Waals surface area contributed by atoms with E-state index in [1.54, 1.807) is 11.7 Å². The van der Waals surface area contributed by atoms with E-state index in [2.05, 4.69) is 5.10 Å². The highest BCUT2D eigenvalue weighted by Crippen LogP contribution is 2.26. The summed E-state index contributed by atoms with van der Waals surface area (Å²) in [5.41, 5.74) is 1.06. The Morgan fingerprint density at radius 1 is 1.21 bits per heavy atom. The predicted octanol–water partition coefficient (Wildman–Crippen LogP) is 1.80. The molecule has 8 nitrogen and oxygen atoms in total. The van der Waals surface area contributed by atoms with Gasteiger partial charge < -0.3 is 14.4 Å². The summed E-state index contributed by atoms with van der Waals surface area (Å²) >= 11 is 0. The van der Waals surface area contributed by atoms with Gasteiger partial charge in [-0.1, -0.05) is 17.7 Å². The number of ether oxygens (including phenoxy) is 2. The van der Waals surface area contributed by atoms with Gasteiger partial charge in [-0.05, 0) is 38.8 Å². The Kier molecular flexibility index (Phi) is 7.09. The first-order valence-corrected chi connectivity index (χ1v) is 10.2. The van der Waals surface area contributed by atoms with E-state index in [-0.39, 0.29) is 24.1 Å². The Hall–Kier alpha value is -2.61. The molecule has 0 aliphatic carbocycles. The van der Waals surface area contributed by atoms with Gasteiger partial charge in [0.1, 0.15) is 11.6 Å². The third-order valence-corrected chi connectivity index (χ3v) is 5.37. The van der Waals surface area contributed by atoms with Crippen LogP contribution in [0.25, 0.3) is 0 Å². The largest absolute Gasteiger partial charge is 0.484 e. The number of aromatic nitrogens is 3. The van der Waals surface area contributed by atoms with Crippen LogP contribution < -0.4 is 10.4 Å². The molecule has 1 amide bonds. The van der Waals surface area contributed by atoms with Crippen molar-refractivity contribution in [1.82, 2.24) is 19.2 Å². The maximum absolute atomic E-state index is 12.5. The Bertz CT molecular complexity index is 864. The molecule has 8 heteroatoms. The third kappa shape index (κ3) is 5.06. The van der Waals surface area contributed by atoms with E-state index in [0.29, 0.717) is 38.5 Å². The van der Waals surface area contributed by atoms with Crippen LogP contribution >= 0.6 is 0 Å². The minimum atomic E-state index is -0.0930. The Morgan fingerprint density at radius 3 is 2.52 bits per heavy atom. The lowest BCUT2D eigenvalue weighted by atomic mass is 9.96. The topological polar surface area (TPSA) is 78.6 Å². The molecule has 0 atom stereocenters. The van der Waals surface area contributed by atoms with Crippen LogP contribution in [0.1, 0.15) is 37.1 Å². The molecule has 0 spiro atoms. The van der Waals surface area contributed by atoms with E-state index in [4.69, 9.17) is 9.47 Å². The molecule has 1 fully saturated rings. The summed E-state index contributed by atoms with van der Waals surface area (Å²) in [4.78, 5) is 26.8. The number of carbonyl (C=O) groups excluding carboxylic acids is 1. The van der Waals surface area contributed by atoms with Crippen molar-refractivity contribution in [3.8, 4) is 5.75 Å². The van der Waals surface area contributed by atoms with Crippen LogP contribution in [0.5, 0.6) is 5.75 Å². The van der Waals surface area contributed by atoms with Crippen LogP contribution in [-0.4, -0.2) is 58.6 Å². The summed E-state index contributed by atoms with van der Waals surface area (Å²) in [6, 6.07) is 7.67. The number of aryl methyl sites for hydroxylation is 1. The lowest BCUT2D eigenvalue weighted by Gasteiger charge is -2.31. The second-order valence-electron chi connectivity index (χ2n) is 7.36. The van der Waals surface area contributed by atoms with Crippen molar-refractivity contribution in [3.63, 3.8) is 0 Å². The van der Waals surface area contributed by atoms with Gasteiger partial charge in [0.2, 0.25) is 0 Å². The average Bonchev–Trinajstić information content (AvgIpc) is 3.07. The molecule has 1 aliphatic heterocycles. The van der Waals surface area contributed by atoms with Crippen molar-refractivity contribution in [2.45, 2.75) is 45.7 Å². The number of nitrogens with zero attached hydrogens (tertiary/aromatic N) is 4. The smallest absolute Gasteiger partial charge is 0.345 e. The molecule has 3 rings (SSSR count). The maximum Gasteiger partial charge on any atom is 0.345 e. The van der Waals surface area contributed by atoms with Gasteiger partial charge in [-0.15, -0.1) is 0 Å². The molecule has 29 heavy (non-hydrogen) atoms. The van der Waals surface area contributed by atoms with Gasteiger partial charge in [-0.25, -0.2) is 9.48 Å². The summed E-state index contributed by atoms with van der Waals surface area (Å²) in [7, 11) is 1.61.